The Labute approximate surface area is 176 Å². The highest BCUT2D eigenvalue weighted by Crippen LogP contribution is 2.14. The molecule has 0 saturated carbocycles. The molecule has 29 heavy (non-hydrogen) atoms. The Morgan fingerprint density at radius 1 is 0.862 bits per heavy atom. The lowest BCUT2D eigenvalue weighted by Crippen LogP contribution is -2.38. The van der Waals surface area contributed by atoms with Crippen LogP contribution in [-0.4, -0.2) is 34.0 Å². The van der Waals surface area contributed by atoms with Crippen LogP contribution in [0.3, 0.4) is 0 Å². The van der Waals surface area contributed by atoms with Gasteiger partial charge in [0.2, 0.25) is 10.0 Å². The predicted octanol–water partition coefficient (Wildman–Crippen LogP) is 4.46. The van der Waals surface area contributed by atoms with Gasteiger partial charge in [0.25, 0.3) is 0 Å². The average Bonchev–Trinajstić information content (AvgIpc) is 2.67. The van der Waals surface area contributed by atoms with Crippen LogP contribution in [0.4, 0.5) is 0 Å². The first kappa shape index (κ1) is 26.0. The summed E-state index contributed by atoms with van der Waals surface area (Å²) < 4.78 is 62.4. The van der Waals surface area contributed by atoms with Crippen molar-refractivity contribution < 1.29 is 25.6 Å². The van der Waals surface area contributed by atoms with E-state index in [4.69, 9.17) is 4.55 Å². The Morgan fingerprint density at radius 3 is 1.90 bits per heavy atom. The maximum atomic E-state index is 12.5. The van der Waals surface area contributed by atoms with Crippen molar-refractivity contribution >= 4 is 20.4 Å². The smallest absolute Gasteiger partial charge is 0.264 e. The zero-order valence-corrected chi connectivity index (χ0v) is 18.9. The van der Waals surface area contributed by atoms with Crippen LogP contribution >= 0.6 is 0 Å². The summed E-state index contributed by atoms with van der Waals surface area (Å²) in [7, 11) is -8.42. The van der Waals surface area contributed by atoms with Crippen molar-refractivity contribution in [3.8, 4) is 0 Å². The minimum Gasteiger partial charge on any atom is -0.264 e. The maximum absolute atomic E-state index is 12.5. The molecule has 0 spiro atoms. The molecule has 9 heteroatoms. The molecule has 0 aliphatic carbocycles. The number of hydrogen-bond acceptors (Lipinski definition) is 5. The highest BCUT2D eigenvalue weighted by atomic mass is 32.3. The van der Waals surface area contributed by atoms with Crippen molar-refractivity contribution in [2.45, 2.75) is 88.5 Å². The number of unbranched alkanes of at least 4 members (excludes halogenated alkanes) is 9. The van der Waals surface area contributed by atoms with Crippen LogP contribution in [0.2, 0.25) is 0 Å². The third-order valence-corrected chi connectivity index (χ3v) is 6.67. The summed E-state index contributed by atoms with van der Waals surface area (Å²) in [5, 5.41) is 0. The fourth-order valence-corrected chi connectivity index (χ4v) is 4.72. The summed E-state index contributed by atoms with van der Waals surface area (Å²) in [5.74, 6) is 0. The Morgan fingerprint density at radius 2 is 1.38 bits per heavy atom. The van der Waals surface area contributed by atoms with Crippen LogP contribution in [0.5, 0.6) is 0 Å². The molecule has 0 aliphatic rings. The van der Waals surface area contributed by atoms with E-state index in [0.29, 0.717) is 6.42 Å². The molecule has 0 saturated heterocycles. The molecule has 0 fully saturated rings. The third kappa shape index (κ3) is 13.0. The quantitative estimate of drug-likeness (QED) is 0.268. The number of hydrogen-bond donors (Lipinski definition) is 2. The van der Waals surface area contributed by atoms with Gasteiger partial charge in [-0.05, 0) is 18.6 Å². The van der Waals surface area contributed by atoms with Crippen LogP contribution in [0, 0.1) is 0 Å². The first-order valence-corrected chi connectivity index (χ1v) is 13.3. The molecule has 0 heterocycles. The zero-order valence-electron chi connectivity index (χ0n) is 17.3. The molecule has 0 aliphatic heterocycles. The molecular weight excluding hydrogens is 414 g/mol. The molecule has 0 aromatic heterocycles. The summed E-state index contributed by atoms with van der Waals surface area (Å²) in [6, 6.07) is 7.12. The molecule has 1 aromatic carbocycles. The Hall–Kier alpha value is -1.00. The highest BCUT2D eigenvalue weighted by Gasteiger charge is 2.21. The van der Waals surface area contributed by atoms with Crippen LogP contribution in [0.15, 0.2) is 35.2 Å². The van der Waals surface area contributed by atoms with Crippen molar-refractivity contribution in [2.24, 2.45) is 0 Å². The van der Waals surface area contributed by atoms with Crippen molar-refractivity contribution in [3.63, 3.8) is 0 Å². The second kappa shape index (κ2) is 14.1. The first-order chi connectivity index (χ1) is 13.7. The summed E-state index contributed by atoms with van der Waals surface area (Å²) in [5.41, 5.74) is 0. The van der Waals surface area contributed by atoms with Crippen molar-refractivity contribution in [3.05, 3.63) is 30.3 Å². The van der Waals surface area contributed by atoms with Crippen molar-refractivity contribution in [1.82, 2.24) is 4.72 Å². The lowest BCUT2D eigenvalue weighted by Gasteiger charge is -2.18. The van der Waals surface area contributed by atoms with E-state index >= 15 is 0 Å². The second-order valence-electron chi connectivity index (χ2n) is 7.31. The number of rotatable bonds is 17. The molecule has 1 atom stereocenters. The molecule has 0 radical (unpaired) electrons. The Bertz CT molecular complexity index is 750. The zero-order chi connectivity index (χ0) is 21.6. The molecule has 1 aromatic rings. The van der Waals surface area contributed by atoms with E-state index in [1.165, 1.54) is 50.7 Å². The molecule has 1 unspecified atom stereocenters. The van der Waals surface area contributed by atoms with Gasteiger partial charge in [0.15, 0.2) is 0 Å². The van der Waals surface area contributed by atoms with Crippen LogP contribution in [0.1, 0.15) is 77.6 Å². The standard InChI is InChI=1S/C20H35NO6S2/c1-2-3-4-5-6-7-8-9-10-12-15-19(18-27-29(24,25)26)21-28(22,23)20-16-13-11-14-17-20/h11,13-14,16-17,19,21H,2-10,12,15,18H2,1H3,(H,24,25,26). The fourth-order valence-electron chi connectivity index (χ4n) is 3.11. The fraction of sp³-hybridized carbons (Fsp3) is 0.700. The minimum absolute atomic E-state index is 0.0972. The topological polar surface area (TPSA) is 110 Å². The van der Waals surface area contributed by atoms with Crippen LogP contribution in [-0.2, 0) is 24.6 Å². The van der Waals surface area contributed by atoms with Gasteiger partial charge in [0, 0.05) is 6.04 Å². The molecule has 2 N–H and O–H groups in total. The first-order valence-electron chi connectivity index (χ1n) is 10.4. The Balaban J connectivity index is 2.42. The number of benzene rings is 1. The SMILES string of the molecule is CCCCCCCCCCCCC(COS(=O)(=O)O)NS(=O)(=O)c1ccccc1. The summed E-state index contributed by atoms with van der Waals surface area (Å²) in [6.45, 7) is 1.76. The van der Waals surface area contributed by atoms with E-state index in [-0.39, 0.29) is 4.90 Å². The molecule has 7 nitrogen and oxygen atoms in total. The summed E-state index contributed by atoms with van der Waals surface area (Å²) in [6.07, 6.45) is 11.9. The van der Waals surface area contributed by atoms with E-state index in [2.05, 4.69) is 15.8 Å². The third-order valence-electron chi connectivity index (χ3n) is 4.70. The monoisotopic (exact) mass is 449 g/mol. The van der Waals surface area contributed by atoms with Gasteiger partial charge < -0.3 is 0 Å². The van der Waals surface area contributed by atoms with E-state index < -0.39 is 33.1 Å². The van der Waals surface area contributed by atoms with E-state index in [1.54, 1.807) is 18.2 Å². The van der Waals surface area contributed by atoms with Crippen molar-refractivity contribution in [1.29, 1.82) is 0 Å². The van der Waals surface area contributed by atoms with Crippen LogP contribution < -0.4 is 4.72 Å². The summed E-state index contributed by atoms with van der Waals surface area (Å²) in [4.78, 5) is 0.0972. The van der Waals surface area contributed by atoms with Gasteiger partial charge in [-0.3, -0.25) is 4.55 Å². The van der Waals surface area contributed by atoms with Gasteiger partial charge in [-0.25, -0.2) is 17.3 Å². The lowest BCUT2D eigenvalue weighted by atomic mass is 10.0. The molecule has 168 valence electrons. The minimum atomic E-state index is -4.63. The Kier molecular flexibility index (Phi) is 12.6. The molecular formula is C20H35NO6S2. The van der Waals surface area contributed by atoms with Gasteiger partial charge in [-0.2, -0.15) is 8.42 Å². The van der Waals surface area contributed by atoms with Gasteiger partial charge in [0.05, 0.1) is 11.5 Å². The molecule has 0 bridgehead atoms. The second-order valence-corrected chi connectivity index (χ2v) is 10.1. The highest BCUT2D eigenvalue weighted by molar-refractivity contribution is 7.89. The van der Waals surface area contributed by atoms with E-state index in [9.17, 15) is 16.8 Å². The largest absolute Gasteiger partial charge is 0.397 e. The average molecular weight is 450 g/mol. The normalized spacial score (nSPS) is 13.4. The van der Waals surface area contributed by atoms with E-state index in [1.807, 2.05) is 0 Å². The maximum Gasteiger partial charge on any atom is 0.397 e. The van der Waals surface area contributed by atoms with Crippen molar-refractivity contribution in [2.75, 3.05) is 6.61 Å². The van der Waals surface area contributed by atoms with Gasteiger partial charge in [-0.1, -0.05) is 89.3 Å². The molecule has 0 amide bonds. The molecule has 1 rings (SSSR count). The van der Waals surface area contributed by atoms with E-state index in [0.717, 1.165) is 25.7 Å². The predicted molar refractivity (Wildman–Crippen MR) is 115 cm³/mol. The summed E-state index contributed by atoms with van der Waals surface area (Å²) >= 11 is 0. The van der Waals surface area contributed by atoms with Gasteiger partial charge in [-0.15, -0.1) is 0 Å². The number of sulfonamides is 1. The lowest BCUT2D eigenvalue weighted by molar-refractivity contribution is 0.238. The number of nitrogens with one attached hydrogen (secondary N) is 1. The van der Waals surface area contributed by atoms with Crippen LogP contribution in [0.25, 0.3) is 0 Å². The van der Waals surface area contributed by atoms with Gasteiger partial charge >= 0.3 is 10.4 Å². The van der Waals surface area contributed by atoms with Gasteiger partial charge in [0.1, 0.15) is 0 Å².